The van der Waals surface area contributed by atoms with Gasteiger partial charge in [-0.05, 0) is 48.9 Å². The number of furan rings is 1. The molecule has 2 heterocycles. The van der Waals surface area contributed by atoms with Crippen molar-refractivity contribution in [2.75, 3.05) is 0 Å². The minimum atomic E-state index is -4.45. The number of hydrogen-bond donors (Lipinski definition) is 0. The Bertz CT molecular complexity index is 1050. The molecule has 30 heavy (non-hydrogen) atoms. The molecule has 2 amide bonds. The molecule has 0 radical (unpaired) electrons. The van der Waals surface area contributed by atoms with Crippen LogP contribution in [0.3, 0.4) is 0 Å². The largest absolute Gasteiger partial charge is 0.455 e. The number of allylic oxidation sites excluding steroid dienone is 2. The number of fused-ring (bicyclic) bond motifs is 1. The van der Waals surface area contributed by atoms with Gasteiger partial charge in [-0.25, -0.2) is 0 Å². The normalized spacial score (nSPS) is 28.0. The van der Waals surface area contributed by atoms with E-state index in [0.717, 1.165) is 30.0 Å². The molecule has 2 aromatic rings. The van der Waals surface area contributed by atoms with Gasteiger partial charge in [-0.15, -0.1) is 0 Å². The maximum absolute atomic E-state index is 12.9. The van der Waals surface area contributed by atoms with Crippen molar-refractivity contribution >= 4 is 18.0 Å². The van der Waals surface area contributed by atoms with Gasteiger partial charge in [-0.3, -0.25) is 9.59 Å². The third kappa shape index (κ3) is 2.98. The van der Waals surface area contributed by atoms with Gasteiger partial charge in [0.15, 0.2) is 0 Å². The van der Waals surface area contributed by atoms with E-state index in [1.165, 1.54) is 30.5 Å². The molecule has 1 saturated heterocycles. The quantitative estimate of drug-likeness (QED) is 0.422. The Kier molecular flexibility index (Phi) is 4.20. The van der Waals surface area contributed by atoms with E-state index in [1.807, 2.05) is 12.2 Å². The molecule has 1 aromatic carbocycles. The molecule has 5 nitrogen and oxygen atoms in total. The van der Waals surface area contributed by atoms with Gasteiger partial charge in [-0.2, -0.15) is 23.3 Å². The number of imide groups is 1. The van der Waals surface area contributed by atoms with Crippen LogP contribution in [0.15, 0.2) is 58.1 Å². The SMILES string of the molecule is O=C1[C@@H]2[C@H](C(=O)N1/N=C\c1ccc(-c3cccc(C(F)(F)F)c3)o1)[C@H]1C=C[C@H]2CC1. The molecule has 0 spiro atoms. The molecule has 3 aliphatic carbocycles. The van der Waals surface area contributed by atoms with Crippen molar-refractivity contribution in [1.82, 2.24) is 5.01 Å². The van der Waals surface area contributed by atoms with E-state index in [1.54, 1.807) is 0 Å². The Morgan fingerprint density at radius 3 is 2.27 bits per heavy atom. The summed E-state index contributed by atoms with van der Waals surface area (Å²) in [4.78, 5) is 25.5. The smallest absolute Gasteiger partial charge is 0.416 e. The lowest BCUT2D eigenvalue weighted by atomic mass is 9.63. The van der Waals surface area contributed by atoms with Crippen molar-refractivity contribution in [3.8, 4) is 11.3 Å². The van der Waals surface area contributed by atoms with E-state index in [2.05, 4.69) is 5.10 Å². The highest BCUT2D eigenvalue weighted by atomic mass is 19.4. The summed E-state index contributed by atoms with van der Waals surface area (Å²) in [6, 6.07) is 7.86. The lowest BCUT2D eigenvalue weighted by Crippen LogP contribution is -2.38. The molecule has 4 aliphatic rings. The zero-order valence-electron chi connectivity index (χ0n) is 15.7. The predicted octanol–water partition coefficient (Wildman–Crippen LogP) is 4.50. The highest BCUT2D eigenvalue weighted by Gasteiger charge is 2.56. The first-order chi connectivity index (χ1) is 14.3. The molecule has 154 valence electrons. The molecule has 1 aliphatic heterocycles. The second-order valence-electron chi connectivity index (χ2n) is 7.85. The van der Waals surface area contributed by atoms with Gasteiger partial charge in [-0.1, -0.05) is 24.3 Å². The van der Waals surface area contributed by atoms with Gasteiger partial charge in [0.05, 0.1) is 23.6 Å². The Balaban J connectivity index is 1.36. The second kappa shape index (κ2) is 6.68. The van der Waals surface area contributed by atoms with Crippen molar-refractivity contribution in [1.29, 1.82) is 0 Å². The summed E-state index contributed by atoms with van der Waals surface area (Å²) in [6.45, 7) is 0. The lowest BCUT2D eigenvalue weighted by Gasteiger charge is -2.37. The van der Waals surface area contributed by atoms with Crippen LogP contribution in [0.4, 0.5) is 13.2 Å². The number of carbonyl (C=O) groups excluding carboxylic acids is 2. The van der Waals surface area contributed by atoms with E-state index >= 15 is 0 Å². The molecule has 0 N–H and O–H groups in total. The first kappa shape index (κ1) is 18.8. The number of hydrazone groups is 1. The number of halogens is 3. The zero-order valence-corrected chi connectivity index (χ0v) is 15.7. The van der Waals surface area contributed by atoms with Crippen LogP contribution < -0.4 is 0 Å². The molecular weight excluding hydrogens is 397 g/mol. The van der Waals surface area contributed by atoms with E-state index in [-0.39, 0.29) is 52.6 Å². The fraction of sp³-hybridized carbons (Fsp3) is 0.318. The highest BCUT2D eigenvalue weighted by molar-refractivity contribution is 6.06. The van der Waals surface area contributed by atoms with E-state index in [4.69, 9.17) is 4.42 Å². The standard InChI is InChI=1S/C22H17F3N2O3/c23-22(24,25)15-3-1-2-14(10-15)17-9-8-16(30-17)11-26-27-20(28)18-12-4-5-13(7-6-12)19(18)21(27)29/h1-5,8-13,18-19H,6-7H2/b26-11-/t12-,13-,18-,19+/m0/s1. The molecule has 2 bridgehead atoms. The summed E-state index contributed by atoms with van der Waals surface area (Å²) in [6.07, 6.45) is 2.66. The van der Waals surface area contributed by atoms with Gasteiger partial charge in [0.2, 0.25) is 0 Å². The van der Waals surface area contributed by atoms with Crippen LogP contribution in [-0.2, 0) is 15.8 Å². The molecule has 6 rings (SSSR count). The zero-order chi connectivity index (χ0) is 21.0. The summed E-state index contributed by atoms with van der Waals surface area (Å²) in [7, 11) is 0. The van der Waals surface area contributed by atoms with Crippen LogP contribution in [0.25, 0.3) is 11.3 Å². The fourth-order valence-electron chi connectivity index (χ4n) is 4.71. The van der Waals surface area contributed by atoms with Crippen LogP contribution >= 0.6 is 0 Å². The summed E-state index contributed by atoms with van der Waals surface area (Å²) in [5.74, 6) is -0.682. The lowest BCUT2D eigenvalue weighted by molar-refractivity contribution is -0.140. The second-order valence-corrected chi connectivity index (χ2v) is 7.85. The van der Waals surface area contributed by atoms with Crippen molar-refractivity contribution in [2.24, 2.45) is 28.8 Å². The molecule has 8 heteroatoms. The maximum Gasteiger partial charge on any atom is 0.416 e. The Morgan fingerprint density at radius 2 is 1.67 bits per heavy atom. The Labute approximate surface area is 169 Å². The molecular formula is C22H17F3N2O3. The molecule has 0 unspecified atom stereocenters. The number of hydrogen-bond acceptors (Lipinski definition) is 4. The Hall–Kier alpha value is -3.16. The minimum absolute atomic E-state index is 0.0766. The number of benzene rings is 1. The Morgan fingerprint density at radius 1 is 1.00 bits per heavy atom. The third-order valence-corrected chi connectivity index (χ3v) is 6.14. The van der Waals surface area contributed by atoms with Crippen LogP contribution in [0.1, 0.15) is 24.2 Å². The van der Waals surface area contributed by atoms with Crippen molar-refractivity contribution < 1.29 is 27.2 Å². The first-order valence-electron chi connectivity index (χ1n) is 9.70. The fourth-order valence-corrected chi connectivity index (χ4v) is 4.71. The number of amides is 2. The first-order valence-corrected chi connectivity index (χ1v) is 9.70. The molecule has 1 saturated carbocycles. The summed E-state index contributed by atoms with van der Waals surface area (Å²) >= 11 is 0. The summed E-state index contributed by atoms with van der Waals surface area (Å²) in [5.41, 5.74) is -0.503. The number of alkyl halides is 3. The third-order valence-electron chi connectivity index (χ3n) is 6.14. The van der Waals surface area contributed by atoms with E-state index < -0.39 is 11.7 Å². The van der Waals surface area contributed by atoms with Gasteiger partial charge < -0.3 is 4.42 Å². The van der Waals surface area contributed by atoms with Gasteiger partial charge in [0, 0.05) is 5.56 Å². The van der Waals surface area contributed by atoms with Gasteiger partial charge >= 0.3 is 6.18 Å². The number of nitrogens with zero attached hydrogens (tertiary/aromatic N) is 2. The number of rotatable bonds is 3. The van der Waals surface area contributed by atoms with Gasteiger partial charge in [0.25, 0.3) is 11.8 Å². The predicted molar refractivity (Wildman–Crippen MR) is 101 cm³/mol. The van der Waals surface area contributed by atoms with E-state index in [9.17, 15) is 22.8 Å². The summed E-state index contributed by atoms with van der Waals surface area (Å²) < 4.78 is 44.3. The highest BCUT2D eigenvalue weighted by Crippen LogP contribution is 2.49. The molecule has 2 fully saturated rings. The average Bonchev–Trinajstić information content (AvgIpc) is 3.31. The van der Waals surface area contributed by atoms with Crippen LogP contribution in [0.2, 0.25) is 0 Å². The topological polar surface area (TPSA) is 62.9 Å². The number of carbonyl (C=O) groups is 2. The molecule has 1 aromatic heterocycles. The van der Waals surface area contributed by atoms with E-state index in [0.29, 0.717) is 0 Å². The summed E-state index contributed by atoms with van der Waals surface area (Å²) in [5, 5.41) is 4.96. The van der Waals surface area contributed by atoms with Crippen LogP contribution in [0.5, 0.6) is 0 Å². The maximum atomic E-state index is 12.9. The monoisotopic (exact) mass is 414 g/mol. The minimum Gasteiger partial charge on any atom is -0.455 e. The van der Waals surface area contributed by atoms with Crippen molar-refractivity contribution in [2.45, 2.75) is 19.0 Å². The van der Waals surface area contributed by atoms with Crippen LogP contribution in [-0.4, -0.2) is 23.0 Å². The van der Waals surface area contributed by atoms with Crippen molar-refractivity contribution in [3.63, 3.8) is 0 Å². The molecule has 4 atom stereocenters. The van der Waals surface area contributed by atoms with Crippen LogP contribution in [0, 0.1) is 23.7 Å². The van der Waals surface area contributed by atoms with Crippen molar-refractivity contribution in [3.05, 3.63) is 59.9 Å². The van der Waals surface area contributed by atoms with Gasteiger partial charge in [0.1, 0.15) is 11.5 Å². The average molecular weight is 414 g/mol.